The molecule has 1 aliphatic rings. The number of hydrogen-bond donors (Lipinski definition) is 2. The summed E-state index contributed by atoms with van der Waals surface area (Å²) in [6.45, 7) is 4.21. The van der Waals surface area contributed by atoms with Crippen LogP contribution >= 0.6 is 0 Å². The number of hydrogen-bond acceptors (Lipinski definition) is 3. The van der Waals surface area contributed by atoms with E-state index < -0.39 is 0 Å². The van der Waals surface area contributed by atoms with Gasteiger partial charge in [0.2, 0.25) is 0 Å². The number of nitrogens with one attached hydrogen (secondary N) is 1. The van der Waals surface area contributed by atoms with Crippen LogP contribution in [0.3, 0.4) is 0 Å². The summed E-state index contributed by atoms with van der Waals surface area (Å²) < 4.78 is 0. The fourth-order valence-electron chi connectivity index (χ4n) is 1.73. The highest BCUT2D eigenvalue weighted by atomic mass is 16.3. The molecule has 0 radical (unpaired) electrons. The number of hydrazone groups is 1. The molecular formula is C12H18N3O+. The highest BCUT2D eigenvalue weighted by Gasteiger charge is 2.13. The fraction of sp³-hybridized carbons (Fsp3) is 0.417. The molecule has 0 bridgehead atoms. The van der Waals surface area contributed by atoms with Crippen LogP contribution in [0, 0.1) is 0 Å². The molecule has 86 valence electrons. The van der Waals surface area contributed by atoms with E-state index in [2.05, 4.69) is 17.2 Å². The zero-order valence-electron chi connectivity index (χ0n) is 9.56. The molecule has 16 heavy (non-hydrogen) atoms. The number of likely N-dealkylation sites (N-methyl/N-ethyl adjacent to an activating group) is 1. The van der Waals surface area contributed by atoms with Gasteiger partial charge in [-0.1, -0.05) is 12.1 Å². The second-order valence-electron chi connectivity index (χ2n) is 4.21. The number of benzene rings is 1. The monoisotopic (exact) mass is 220 g/mol. The number of quaternary nitrogens is 1. The zero-order chi connectivity index (χ0) is 11.4. The molecule has 4 nitrogen and oxygen atoms in total. The van der Waals surface area contributed by atoms with E-state index in [4.69, 9.17) is 0 Å². The van der Waals surface area contributed by atoms with Gasteiger partial charge in [0.25, 0.3) is 0 Å². The van der Waals surface area contributed by atoms with E-state index in [1.165, 1.54) is 0 Å². The maximum absolute atomic E-state index is 9.57. The summed E-state index contributed by atoms with van der Waals surface area (Å²) in [6, 6.07) is 7.25. The van der Waals surface area contributed by atoms with Crippen LogP contribution in [0.5, 0.6) is 5.75 Å². The van der Waals surface area contributed by atoms with Gasteiger partial charge in [-0.2, -0.15) is 5.10 Å². The fourth-order valence-corrected chi connectivity index (χ4v) is 1.73. The highest BCUT2D eigenvalue weighted by molar-refractivity contribution is 5.82. The van der Waals surface area contributed by atoms with Crippen LogP contribution in [0.2, 0.25) is 0 Å². The molecule has 1 fully saturated rings. The Morgan fingerprint density at radius 2 is 2.00 bits per heavy atom. The molecule has 0 aliphatic carbocycles. The first kappa shape index (κ1) is 11.0. The molecule has 0 amide bonds. The quantitative estimate of drug-likeness (QED) is 0.663. The van der Waals surface area contributed by atoms with Gasteiger partial charge in [0.05, 0.1) is 39.4 Å². The molecule has 1 aromatic rings. The molecule has 4 heteroatoms. The molecule has 2 N–H and O–H groups in total. The Morgan fingerprint density at radius 3 is 2.69 bits per heavy atom. The minimum absolute atomic E-state index is 0.283. The zero-order valence-corrected chi connectivity index (χ0v) is 9.56. The third-order valence-corrected chi connectivity index (χ3v) is 2.89. The molecule has 0 unspecified atom stereocenters. The predicted molar refractivity (Wildman–Crippen MR) is 63.9 cm³/mol. The third kappa shape index (κ3) is 2.73. The summed E-state index contributed by atoms with van der Waals surface area (Å²) in [6.07, 6.45) is 1.73. The molecule has 1 aromatic carbocycles. The summed E-state index contributed by atoms with van der Waals surface area (Å²) in [7, 11) is 2.20. The Hall–Kier alpha value is -1.55. The molecule has 1 saturated heterocycles. The van der Waals surface area contributed by atoms with Gasteiger partial charge in [-0.25, -0.2) is 0 Å². The van der Waals surface area contributed by atoms with Gasteiger partial charge < -0.3 is 10.0 Å². The normalized spacial score (nSPS) is 18.2. The van der Waals surface area contributed by atoms with Gasteiger partial charge in [-0.3, -0.25) is 5.01 Å². The average molecular weight is 220 g/mol. The van der Waals surface area contributed by atoms with Crippen LogP contribution < -0.4 is 4.90 Å². The Bertz CT molecular complexity index is 370. The second-order valence-corrected chi connectivity index (χ2v) is 4.21. The van der Waals surface area contributed by atoms with E-state index in [9.17, 15) is 5.11 Å². The molecule has 1 aliphatic heterocycles. The van der Waals surface area contributed by atoms with Crippen molar-refractivity contribution < 1.29 is 10.0 Å². The standard InChI is InChI=1S/C12H17N3O/c1-14-6-8-15(9-7-14)13-10-11-4-2-3-5-12(11)16/h2-5,10,16H,6-9H2,1H3/p+1/b13-10+. The van der Waals surface area contributed by atoms with Crippen molar-refractivity contribution in [3.8, 4) is 5.75 Å². The van der Waals surface area contributed by atoms with Gasteiger partial charge in [0, 0.05) is 5.56 Å². The Labute approximate surface area is 95.8 Å². The SMILES string of the molecule is C[NH+]1CCN(/N=C/c2ccccc2O)CC1. The molecule has 2 rings (SSSR count). The molecule has 0 spiro atoms. The van der Waals surface area contributed by atoms with Gasteiger partial charge in [-0.15, -0.1) is 0 Å². The first-order valence-electron chi connectivity index (χ1n) is 5.64. The highest BCUT2D eigenvalue weighted by Crippen LogP contribution is 2.12. The smallest absolute Gasteiger partial charge is 0.124 e. The maximum atomic E-state index is 9.57. The summed E-state index contributed by atoms with van der Waals surface area (Å²) in [5.74, 6) is 0.283. The summed E-state index contributed by atoms with van der Waals surface area (Å²) in [5, 5.41) is 16.0. The summed E-state index contributed by atoms with van der Waals surface area (Å²) >= 11 is 0. The Balaban J connectivity index is 1.97. The van der Waals surface area contributed by atoms with Crippen LogP contribution in [0.1, 0.15) is 5.56 Å². The van der Waals surface area contributed by atoms with E-state index in [-0.39, 0.29) is 5.75 Å². The lowest BCUT2D eigenvalue weighted by molar-refractivity contribution is -0.884. The van der Waals surface area contributed by atoms with E-state index in [1.54, 1.807) is 17.2 Å². The predicted octanol–water partition coefficient (Wildman–Crippen LogP) is -0.444. The number of phenolic OH excluding ortho intramolecular Hbond substituents is 1. The lowest BCUT2D eigenvalue weighted by atomic mass is 10.2. The first-order chi connectivity index (χ1) is 7.75. The van der Waals surface area contributed by atoms with Crippen LogP contribution in [-0.2, 0) is 0 Å². The number of aromatic hydroxyl groups is 1. The average Bonchev–Trinajstić information content (AvgIpc) is 2.30. The first-order valence-corrected chi connectivity index (χ1v) is 5.64. The van der Waals surface area contributed by atoms with E-state index >= 15 is 0 Å². The Morgan fingerprint density at radius 1 is 1.31 bits per heavy atom. The Kier molecular flexibility index (Phi) is 3.41. The minimum Gasteiger partial charge on any atom is -0.507 e. The van der Waals surface area contributed by atoms with Crippen molar-refractivity contribution in [1.29, 1.82) is 0 Å². The van der Waals surface area contributed by atoms with Crippen LogP contribution in [0.4, 0.5) is 0 Å². The number of para-hydroxylation sites is 1. The third-order valence-electron chi connectivity index (χ3n) is 2.89. The van der Waals surface area contributed by atoms with Crippen molar-refractivity contribution in [2.24, 2.45) is 5.10 Å². The van der Waals surface area contributed by atoms with Crippen LogP contribution in [-0.4, -0.2) is 49.6 Å². The second kappa shape index (κ2) is 4.99. The van der Waals surface area contributed by atoms with Crippen molar-refractivity contribution in [2.45, 2.75) is 0 Å². The van der Waals surface area contributed by atoms with Crippen molar-refractivity contribution in [3.63, 3.8) is 0 Å². The van der Waals surface area contributed by atoms with Crippen molar-refractivity contribution in [1.82, 2.24) is 5.01 Å². The number of rotatable bonds is 2. The molecule has 0 saturated carbocycles. The number of piperazine rings is 1. The van der Waals surface area contributed by atoms with Gasteiger partial charge in [0.15, 0.2) is 0 Å². The topological polar surface area (TPSA) is 40.3 Å². The summed E-state index contributed by atoms with van der Waals surface area (Å²) in [5.41, 5.74) is 0.772. The van der Waals surface area contributed by atoms with Crippen LogP contribution in [0.25, 0.3) is 0 Å². The summed E-state index contributed by atoms with van der Waals surface area (Å²) in [4.78, 5) is 1.55. The lowest BCUT2D eigenvalue weighted by Crippen LogP contribution is -3.11. The molecular weight excluding hydrogens is 202 g/mol. The van der Waals surface area contributed by atoms with E-state index in [0.29, 0.717) is 0 Å². The van der Waals surface area contributed by atoms with Crippen LogP contribution in [0.15, 0.2) is 29.4 Å². The molecule has 1 heterocycles. The van der Waals surface area contributed by atoms with Gasteiger partial charge in [0.1, 0.15) is 5.75 Å². The van der Waals surface area contributed by atoms with Crippen molar-refractivity contribution in [3.05, 3.63) is 29.8 Å². The maximum Gasteiger partial charge on any atom is 0.124 e. The van der Waals surface area contributed by atoms with E-state index in [1.807, 2.05) is 18.2 Å². The number of phenols is 1. The molecule has 0 aromatic heterocycles. The molecule has 0 atom stereocenters. The van der Waals surface area contributed by atoms with Crippen molar-refractivity contribution in [2.75, 3.05) is 33.2 Å². The minimum atomic E-state index is 0.283. The van der Waals surface area contributed by atoms with Crippen molar-refractivity contribution >= 4 is 6.21 Å². The van der Waals surface area contributed by atoms with Gasteiger partial charge in [-0.05, 0) is 12.1 Å². The van der Waals surface area contributed by atoms with Gasteiger partial charge >= 0.3 is 0 Å². The number of nitrogens with zero attached hydrogens (tertiary/aromatic N) is 2. The largest absolute Gasteiger partial charge is 0.507 e. The lowest BCUT2D eigenvalue weighted by Gasteiger charge is -2.27. The van der Waals surface area contributed by atoms with E-state index in [0.717, 1.165) is 31.7 Å².